The molecule has 2 rings (SSSR count). The lowest BCUT2D eigenvalue weighted by molar-refractivity contribution is 0.875. The number of nitrogens with two attached hydrogens (primary N) is 1. The van der Waals surface area contributed by atoms with Gasteiger partial charge in [0.15, 0.2) is 5.82 Å². The van der Waals surface area contributed by atoms with E-state index in [1.54, 1.807) is 11.8 Å². The fourth-order valence-corrected chi connectivity index (χ4v) is 3.55. The number of aryl methyl sites for hydroxylation is 1. The van der Waals surface area contributed by atoms with Gasteiger partial charge < -0.3 is 11.1 Å². The molecule has 0 saturated heterocycles. The molecule has 0 aliphatic carbocycles. The Balaban J connectivity index is 2.21. The fraction of sp³-hybridized carbons (Fsp3) is 0.308. The Hall–Kier alpha value is -1.20. The maximum atomic E-state index is 5.83. The molecule has 0 spiro atoms. The first-order chi connectivity index (χ1) is 8.63. The van der Waals surface area contributed by atoms with Crippen LogP contribution in [-0.4, -0.2) is 10.6 Å². The van der Waals surface area contributed by atoms with Crippen molar-refractivity contribution in [3.05, 3.63) is 35.4 Å². The lowest BCUT2D eigenvalue weighted by Gasteiger charge is -2.17. The van der Waals surface area contributed by atoms with E-state index in [9.17, 15) is 0 Å². The Kier molecular flexibility index (Phi) is 4.14. The summed E-state index contributed by atoms with van der Waals surface area (Å²) in [5.74, 6) is 0.618. The van der Waals surface area contributed by atoms with Gasteiger partial charge in [0, 0.05) is 6.04 Å². The minimum atomic E-state index is 0.247. The summed E-state index contributed by atoms with van der Waals surface area (Å²) >= 11 is 3.05. The number of rotatable bonds is 4. The van der Waals surface area contributed by atoms with E-state index in [0.29, 0.717) is 5.82 Å². The Morgan fingerprint density at radius 1 is 1.39 bits per heavy atom. The first kappa shape index (κ1) is 13.2. The van der Waals surface area contributed by atoms with Gasteiger partial charge in [-0.2, -0.15) is 4.37 Å². The van der Waals surface area contributed by atoms with Gasteiger partial charge >= 0.3 is 0 Å². The number of thioether (sulfide) groups is 1. The van der Waals surface area contributed by atoms with Crippen LogP contribution in [0.1, 0.15) is 24.1 Å². The Bertz CT molecular complexity index is 537. The minimum Gasteiger partial charge on any atom is -0.382 e. The van der Waals surface area contributed by atoms with E-state index >= 15 is 0 Å². The fourth-order valence-electron chi connectivity index (χ4n) is 1.93. The van der Waals surface area contributed by atoms with Crippen LogP contribution in [0.25, 0.3) is 0 Å². The molecule has 0 saturated carbocycles. The summed E-state index contributed by atoms with van der Waals surface area (Å²) in [6, 6.07) is 8.65. The first-order valence-corrected chi connectivity index (χ1v) is 7.74. The molecule has 0 amide bonds. The number of benzene rings is 1. The van der Waals surface area contributed by atoms with Crippen LogP contribution in [0.4, 0.5) is 10.8 Å². The molecular weight excluding hydrogens is 262 g/mol. The molecule has 0 bridgehead atoms. The Morgan fingerprint density at radius 2 is 2.11 bits per heavy atom. The molecule has 1 aromatic carbocycles. The third kappa shape index (κ3) is 2.62. The van der Waals surface area contributed by atoms with Gasteiger partial charge in [0.2, 0.25) is 0 Å². The molecule has 18 heavy (non-hydrogen) atoms. The van der Waals surface area contributed by atoms with Gasteiger partial charge in [0.1, 0.15) is 5.00 Å². The van der Waals surface area contributed by atoms with Crippen LogP contribution in [0, 0.1) is 6.92 Å². The second kappa shape index (κ2) is 5.63. The average Bonchev–Trinajstić information content (AvgIpc) is 2.70. The molecule has 5 heteroatoms. The third-order valence-corrected chi connectivity index (χ3v) is 4.62. The molecule has 3 N–H and O–H groups in total. The molecule has 2 aromatic rings. The van der Waals surface area contributed by atoms with Gasteiger partial charge in [-0.05, 0) is 42.8 Å². The Morgan fingerprint density at radius 3 is 2.78 bits per heavy atom. The standard InChI is InChI=1S/C13H17N3S2/c1-8-6-4-5-7-10(8)9(2)15-13-11(17-3)12(14)16-18-13/h4-7,9,15H,1-3H3,(H2,14,16). The van der Waals surface area contributed by atoms with E-state index in [1.807, 2.05) is 6.26 Å². The van der Waals surface area contributed by atoms with Crippen LogP contribution < -0.4 is 11.1 Å². The van der Waals surface area contributed by atoms with Gasteiger partial charge in [-0.25, -0.2) is 0 Å². The van der Waals surface area contributed by atoms with Crippen molar-refractivity contribution in [2.75, 3.05) is 17.3 Å². The van der Waals surface area contributed by atoms with Crippen LogP contribution in [0.15, 0.2) is 29.2 Å². The zero-order valence-corrected chi connectivity index (χ0v) is 12.4. The molecule has 1 atom stereocenters. The first-order valence-electron chi connectivity index (χ1n) is 5.74. The van der Waals surface area contributed by atoms with Crippen LogP contribution >= 0.6 is 23.3 Å². The summed E-state index contributed by atoms with van der Waals surface area (Å²) in [4.78, 5) is 1.04. The number of nitrogens with one attached hydrogen (secondary N) is 1. The molecule has 0 aliphatic heterocycles. The van der Waals surface area contributed by atoms with Gasteiger partial charge in [0.25, 0.3) is 0 Å². The molecule has 0 fully saturated rings. The summed E-state index contributed by atoms with van der Waals surface area (Å²) in [5, 5.41) is 4.55. The van der Waals surface area contributed by atoms with Crippen molar-refractivity contribution >= 4 is 34.1 Å². The maximum absolute atomic E-state index is 5.83. The smallest absolute Gasteiger partial charge is 0.153 e. The number of hydrogen-bond donors (Lipinski definition) is 2. The van der Waals surface area contributed by atoms with Crippen molar-refractivity contribution in [3.63, 3.8) is 0 Å². The average molecular weight is 279 g/mol. The summed E-state index contributed by atoms with van der Waals surface area (Å²) in [5.41, 5.74) is 8.43. The lowest BCUT2D eigenvalue weighted by atomic mass is 10.0. The molecule has 96 valence electrons. The van der Waals surface area contributed by atoms with Crippen LogP contribution in [0.3, 0.4) is 0 Å². The number of anilines is 2. The highest BCUT2D eigenvalue weighted by atomic mass is 32.2. The highest BCUT2D eigenvalue weighted by molar-refractivity contribution is 7.99. The summed E-state index contributed by atoms with van der Waals surface area (Å²) < 4.78 is 4.19. The van der Waals surface area contributed by atoms with E-state index in [1.165, 1.54) is 22.7 Å². The molecule has 0 radical (unpaired) electrons. The monoisotopic (exact) mass is 279 g/mol. The van der Waals surface area contributed by atoms with Crippen molar-refractivity contribution in [2.24, 2.45) is 0 Å². The van der Waals surface area contributed by atoms with Crippen LogP contribution in [0.5, 0.6) is 0 Å². The number of hydrogen-bond acceptors (Lipinski definition) is 5. The van der Waals surface area contributed by atoms with Gasteiger partial charge in [-0.15, -0.1) is 11.8 Å². The van der Waals surface area contributed by atoms with E-state index < -0.39 is 0 Å². The molecule has 0 aliphatic rings. The highest BCUT2D eigenvalue weighted by Crippen LogP contribution is 2.36. The zero-order valence-electron chi connectivity index (χ0n) is 10.7. The van der Waals surface area contributed by atoms with E-state index in [0.717, 1.165) is 9.90 Å². The Labute approximate surface area is 116 Å². The predicted octanol–water partition coefficient (Wildman–Crippen LogP) is 3.93. The molecular formula is C13H17N3S2. The number of aromatic nitrogens is 1. The summed E-state index contributed by atoms with van der Waals surface area (Å²) in [7, 11) is 0. The zero-order chi connectivity index (χ0) is 13.1. The van der Waals surface area contributed by atoms with Gasteiger partial charge in [-0.3, -0.25) is 0 Å². The molecule has 1 aromatic heterocycles. The van der Waals surface area contributed by atoms with Crippen LogP contribution in [-0.2, 0) is 0 Å². The van der Waals surface area contributed by atoms with Gasteiger partial charge in [-0.1, -0.05) is 24.3 Å². The van der Waals surface area contributed by atoms with Gasteiger partial charge in [0.05, 0.1) is 4.90 Å². The molecule has 1 unspecified atom stereocenters. The SMILES string of the molecule is CSc1c(N)nsc1NC(C)c1ccccc1C. The van der Waals surface area contributed by atoms with Crippen molar-refractivity contribution in [1.29, 1.82) is 0 Å². The normalized spacial score (nSPS) is 12.4. The van der Waals surface area contributed by atoms with Crippen molar-refractivity contribution < 1.29 is 0 Å². The lowest BCUT2D eigenvalue weighted by Crippen LogP contribution is -2.07. The van der Waals surface area contributed by atoms with E-state index in [-0.39, 0.29) is 6.04 Å². The number of nitrogens with zero attached hydrogens (tertiary/aromatic N) is 1. The van der Waals surface area contributed by atoms with E-state index in [2.05, 4.69) is 47.8 Å². The topological polar surface area (TPSA) is 50.9 Å². The minimum absolute atomic E-state index is 0.247. The predicted molar refractivity (Wildman–Crippen MR) is 81.5 cm³/mol. The largest absolute Gasteiger partial charge is 0.382 e. The van der Waals surface area contributed by atoms with Crippen molar-refractivity contribution in [3.8, 4) is 0 Å². The molecule has 1 heterocycles. The van der Waals surface area contributed by atoms with Crippen molar-refractivity contribution in [2.45, 2.75) is 24.8 Å². The quantitative estimate of drug-likeness (QED) is 0.833. The third-order valence-electron chi connectivity index (χ3n) is 2.88. The maximum Gasteiger partial charge on any atom is 0.153 e. The van der Waals surface area contributed by atoms with Crippen LogP contribution in [0.2, 0.25) is 0 Å². The highest BCUT2D eigenvalue weighted by Gasteiger charge is 2.14. The van der Waals surface area contributed by atoms with Crippen molar-refractivity contribution in [1.82, 2.24) is 4.37 Å². The second-order valence-electron chi connectivity index (χ2n) is 4.15. The molecule has 3 nitrogen and oxygen atoms in total. The van der Waals surface area contributed by atoms with E-state index in [4.69, 9.17) is 5.73 Å². The summed E-state index contributed by atoms with van der Waals surface area (Å²) in [6.07, 6.45) is 2.02. The second-order valence-corrected chi connectivity index (χ2v) is 5.74. The summed E-state index contributed by atoms with van der Waals surface area (Å²) in [6.45, 7) is 4.28. The number of nitrogen functional groups attached to an aromatic ring is 1.